The molecule has 9 nitrogen and oxygen atoms in total. The highest BCUT2D eigenvalue weighted by Crippen LogP contribution is 2.27. The molecule has 0 aliphatic carbocycles. The highest BCUT2D eigenvalue weighted by atomic mass is 16.5. The molecule has 3 aromatic rings. The summed E-state index contributed by atoms with van der Waals surface area (Å²) in [5.41, 5.74) is 9.34. The van der Waals surface area contributed by atoms with Crippen LogP contribution in [0.4, 0.5) is 11.5 Å². The number of anilines is 2. The van der Waals surface area contributed by atoms with Crippen molar-refractivity contribution in [3.8, 4) is 22.8 Å². The molecule has 0 saturated carbocycles. The van der Waals surface area contributed by atoms with Gasteiger partial charge in [0.1, 0.15) is 11.5 Å². The van der Waals surface area contributed by atoms with Gasteiger partial charge in [-0.25, -0.2) is 9.97 Å². The molecule has 2 aromatic carbocycles. The number of carbonyl (C=O) groups is 1. The van der Waals surface area contributed by atoms with Gasteiger partial charge < -0.3 is 25.4 Å². The van der Waals surface area contributed by atoms with Gasteiger partial charge in [-0.05, 0) is 57.4 Å². The van der Waals surface area contributed by atoms with Crippen molar-refractivity contribution >= 4 is 17.4 Å². The van der Waals surface area contributed by atoms with E-state index in [1.807, 2.05) is 12.1 Å². The van der Waals surface area contributed by atoms with Gasteiger partial charge in [0.25, 0.3) is 5.91 Å². The van der Waals surface area contributed by atoms with Gasteiger partial charge in [0.15, 0.2) is 11.5 Å². The fourth-order valence-corrected chi connectivity index (χ4v) is 5.54. The Morgan fingerprint density at radius 3 is 2.28 bits per heavy atom. The van der Waals surface area contributed by atoms with E-state index in [9.17, 15) is 4.79 Å². The molecule has 9 heteroatoms. The summed E-state index contributed by atoms with van der Waals surface area (Å²) in [5.74, 6) is 0.727. The first-order valence-electron chi connectivity index (χ1n) is 13.7. The van der Waals surface area contributed by atoms with E-state index in [1.165, 1.54) is 50.8 Å². The van der Waals surface area contributed by atoms with Crippen molar-refractivity contribution in [1.82, 2.24) is 19.8 Å². The van der Waals surface area contributed by atoms with Crippen molar-refractivity contribution in [2.24, 2.45) is 0 Å². The first-order valence-corrected chi connectivity index (χ1v) is 13.7. The summed E-state index contributed by atoms with van der Waals surface area (Å²) in [5, 5.41) is 2.82. The van der Waals surface area contributed by atoms with Crippen LogP contribution in [0.15, 0.2) is 48.7 Å². The molecule has 0 atom stereocenters. The average Bonchev–Trinajstić information content (AvgIpc) is 2.98. The molecular weight excluding hydrogens is 492 g/mol. The van der Waals surface area contributed by atoms with E-state index in [1.54, 1.807) is 38.6 Å². The quantitative estimate of drug-likeness (QED) is 0.440. The van der Waals surface area contributed by atoms with Gasteiger partial charge in [0.05, 0.1) is 26.1 Å². The van der Waals surface area contributed by atoms with Gasteiger partial charge in [-0.2, -0.15) is 0 Å². The Balaban J connectivity index is 1.21. The molecule has 2 saturated heterocycles. The summed E-state index contributed by atoms with van der Waals surface area (Å²) in [6, 6.07) is 14.2. The van der Waals surface area contributed by atoms with Crippen molar-refractivity contribution in [2.75, 3.05) is 51.4 Å². The highest BCUT2D eigenvalue weighted by Gasteiger charge is 2.25. The number of hydrogen-bond acceptors (Lipinski definition) is 8. The van der Waals surface area contributed by atoms with Crippen LogP contribution in [0.1, 0.15) is 48.2 Å². The van der Waals surface area contributed by atoms with Gasteiger partial charge in [-0.1, -0.05) is 30.7 Å². The third-order valence-electron chi connectivity index (χ3n) is 7.75. The number of ether oxygens (including phenoxy) is 2. The summed E-state index contributed by atoms with van der Waals surface area (Å²) in [7, 11) is 3.10. The lowest BCUT2D eigenvalue weighted by molar-refractivity contribution is 0.0896. The minimum atomic E-state index is -0.457. The summed E-state index contributed by atoms with van der Waals surface area (Å²) in [6.45, 7) is 5.78. The van der Waals surface area contributed by atoms with Crippen LogP contribution in [0.2, 0.25) is 0 Å². The monoisotopic (exact) mass is 530 g/mol. The molecule has 206 valence electrons. The number of nitrogens with one attached hydrogen (secondary N) is 1. The van der Waals surface area contributed by atoms with Crippen LogP contribution in [-0.4, -0.2) is 72.1 Å². The number of nitrogen functional groups attached to an aromatic ring is 1. The molecule has 2 fully saturated rings. The van der Waals surface area contributed by atoms with Gasteiger partial charge >= 0.3 is 0 Å². The lowest BCUT2D eigenvalue weighted by Crippen LogP contribution is -2.46. The smallest absolute Gasteiger partial charge is 0.278 e. The van der Waals surface area contributed by atoms with Crippen molar-refractivity contribution in [2.45, 2.75) is 44.7 Å². The van der Waals surface area contributed by atoms with E-state index in [0.29, 0.717) is 22.9 Å². The fraction of sp³-hybridized carbons (Fsp3) is 0.433. The van der Waals surface area contributed by atoms with Crippen LogP contribution in [0, 0.1) is 0 Å². The molecule has 0 spiro atoms. The van der Waals surface area contributed by atoms with Crippen LogP contribution >= 0.6 is 0 Å². The van der Waals surface area contributed by atoms with Gasteiger partial charge in [0.2, 0.25) is 0 Å². The second-order valence-electron chi connectivity index (χ2n) is 10.3. The number of hydrogen-bond donors (Lipinski definition) is 2. The van der Waals surface area contributed by atoms with Gasteiger partial charge in [-0.15, -0.1) is 0 Å². The van der Waals surface area contributed by atoms with Crippen molar-refractivity contribution < 1.29 is 14.3 Å². The summed E-state index contributed by atoms with van der Waals surface area (Å²) >= 11 is 0. The largest absolute Gasteiger partial charge is 0.497 e. The van der Waals surface area contributed by atoms with Crippen molar-refractivity contribution in [3.05, 3.63) is 59.9 Å². The molecule has 1 amide bonds. The lowest BCUT2D eigenvalue weighted by Gasteiger charge is -2.40. The third-order valence-corrected chi connectivity index (χ3v) is 7.75. The number of piperidine rings is 2. The van der Waals surface area contributed by atoms with Crippen LogP contribution < -0.4 is 20.5 Å². The van der Waals surface area contributed by atoms with Crippen LogP contribution in [0.25, 0.3) is 11.3 Å². The summed E-state index contributed by atoms with van der Waals surface area (Å²) in [6.07, 6.45) is 8.21. The molecule has 3 heterocycles. The maximum atomic E-state index is 13.0. The molecule has 0 bridgehead atoms. The first kappa shape index (κ1) is 26.9. The SMILES string of the molecule is COc1cc(NC(=O)c2nc(-c3ccc(CN4CCC(N5CCCCC5)CC4)cc3)cnc2N)cc(OC)c1. The zero-order valence-electron chi connectivity index (χ0n) is 22.9. The number of benzene rings is 2. The lowest BCUT2D eigenvalue weighted by atomic mass is 9.99. The van der Waals surface area contributed by atoms with E-state index in [-0.39, 0.29) is 11.5 Å². The van der Waals surface area contributed by atoms with Crippen LogP contribution in [0.5, 0.6) is 11.5 Å². The fourth-order valence-electron chi connectivity index (χ4n) is 5.54. The molecular formula is C30H38N6O3. The number of nitrogens with two attached hydrogens (primary N) is 1. The molecule has 3 N–H and O–H groups in total. The molecule has 0 unspecified atom stereocenters. The number of carbonyl (C=O) groups excluding carboxylic acids is 1. The minimum absolute atomic E-state index is 0.0648. The second kappa shape index (κ2) is 12.4. The average molecular weight is 531 g/mol. The Hall–Kier alpha value is -3.69. The highest BCUT2D eigenvalue weighted by molar-refractivity contribution is 6.06. The Labute approximate surface area is 230 Å². The van der Waals surface area contributed by atoms with Gasteiger partial charge in [0, 0.05) is 42.0 Å². The zero-order valence-corrected chi connectivity index (χ0v) is 22.9. The predicted octanol–water partition coefficient (Wildman–Crippen LogP) is 4.45. The van der Waals surface area contributed by atoms with Crippen LogP contribution in [-0.2, 0) is 6.54 Å². The van der Waals surface area contributed by atoms with Crippen molar-refractivity contribution in [3.63, 3.8) is 0 Å². The zero-order chi connectivity index (χ0) is 27.2. The Morgan fingerprint density at radius 2 is 1.64 bits per heavy atom. The third kappa shape index (κ3) is 6.66. The molecule has 2 aliphatic rings. The number of amides is 1. The first-order chi connectivity index (χ1) is 19.0. The summed E-state index contributed by atoms with van der Waals surface area (Å²) in [4.78, 5) is 27.1. The summed E-state index contributed by atoms with van der Waals surface area (Å²) < 4.78 is 10.6. The molecule has 39 heavy (non-hydrogen) atoms. The number of aromatic nitrogens is 2. The Kier molecular flexibility index (Phi) is 8.58. The number of methoxy groups -OCH3 is 2. The van der Waals surface area contributed by atoms with Crippen LogP contribution in [0.3, 0.4) is 0 Å². The van der Waals surface area contributed by atoms with E-state index in [0.717, 1.165) is 31.2 Å². The minimum Gasteiger partial charge on any atom is -0.497 e. The van der Waals surface area contributed by atoms with E-state index in [4.69, 9.17) is 15.2 Å². The van der Waals surface area contributed by atoms with Gasteiger partial charge in [-0.3, -0.25) is 9.69 Å². The number of likely N-dealkylation sites (tertiary alicyclic amines) is 2. The second-order valence-corrected chi connectivity index (χ2v) is 10.3. The standard InChI is InChI=1S/C30H38N6O3/c1-38-25-16-23(17-26(18-25)39-2)33-30(37)28-29(31)32-19-27(34-28)22-8-6-21(7-9-22)20-35-14-10-24(11-15-35)36-12-4-3-5-13-36/h6-9,16-19,24H,3-5,10-15,20H2,1-2H3,(H2,31,32)(H,33,37). The maximum Gasteiger partial charge on any atom is 0.278 e. The number of rotatable bonds is 8. The van der Waals surface area contributed by atoms with Crippen molar-refractivity contribution in [1.29, 1.82) is 0 Å². The Morgan fingerprint density at radius 1 is 0.974 bits per heavy atom. The predicted molar refractivity (Wildman–Crippen MR) is 153 cm³/mol. The maximum absolute atomic E-state index is 13.0. The molecule has 2 aliphatic heterocycles. The topological polar surface area (TPSA) is 106 Å². The molecule has 1 aromatic heterocycles. The molecule has 0 radical (unpaired) electrons. The number of nitrogens with zero attached hydrogens (tertiary/aromatic N) is 4. The molecule has 5 rings (SSSR count). The normalized spacial score (nSPS) is 17.1. The van der Waals surface area contributed by atoms with E-state index < -0.39 is 5.91 Å². The Bertz CT molecular complexity index is 1250. The van der Waals surface area contributed by atoms with E-state index >= 15 is 0 Å². The van der Waals surface area contributed by atoms with E-state index in [2.05, 4.69) is 37.2 Å².